The molecule has 10 atom stereocenters. The number of hydrogen-bond donors (Lipinski definition) is 1. The van der Waals surface area contributed by atoms with Gasteiger partial charge in [-0.1, -0.05) is 76.1 Å². The van der Waals surface area contributed by atoms with Gasteiger partial charge in [0.1, 0.15) is 0 Å². The van der Waals surface area contributed by atoms with Crippen LogP contribution in [0.15, 0.2) is 47.1 Å². The van der Waals surface area contributed by atoms with Crippen LogP contribution >= 0.6 is 0 Å². The molecule has 0 heterocycles. The maximum Gasteiger partial charge on any atom is 0.206 e. The Hall–Kier alpha value is -1.74. The van der Waals surface area contributed by atoms with Gasteiger partial charge in [0.05, 0.1) is 11.5 Å². The Balaban J connectivity index is 1.31. The van der Waals surface area contributed by atoms with E-state index in [9.17, 15) is 14.7 Å². The van der Waals surface area contributed by atoms with Crippen LogP contribution in [-0.2, 0) is 9.59 Å². The van der Waals surface area contributed by atoms with Gasteiger partial charge in [-0.25, -0.2) is 0 Å². The van der Waals surface area contributed by atoms with E-state index in [0.717, 1.165) is 37.7 Å². The molecule has 3 nitrogen and oxygen atoms in total. The molecular weight excluding hydrogens is 516 g/mol. The van der Waals surface area contributed by atoms with E-state index in [4.69, 9.17) is 0 Å². The fourth-order valence-electron chi connectivity index (χ4n) is 11.0. The van der Waals surface area contributed by atoms with Crippen LogP contribution < -0.4 is 0 Å². The zero-order valence-electron chi connectivity index (χ0n) is 27.6. The van der Waals surface area contributed by atoms with Crippen molar-refractivity contribution in [3.05, 3.63) is 47.1 Å². The van der Waals surface area contributed by atoms with E-state index in [-0.39, 0.29) is 51.5 Å². The molecule has 230 valence electrons. The summed E-state index contributed by atoms with van der Waals surface area (Å²) in [6.07, 6.45) is 21.5. The maximum absolute atomic E-state index is 13.8. The van der Waals surface area contributed by atoms with E-state index in [1.165, 1.54) is 31.3 Å². The van der Waals surface area contributed by atoms with E-state index in [1.54, 1.807) is 5.57 Å². The van der Waals surface area contributed by atoms with Crippen LogP contribution in [0.2, 0.25) is 0 Å². The first-order chi connectivity index (χ1) is 19.6. The molecule has 1 N–H and O–H groups in total. The molecule has 0 aromatic heterocycles. The number of carbonyl (C=O) groups excluding carboxylic acids is 2. The molecule has 3 saturated carbocycles. The summed E-state index contributed by atoms with van der Waals surface area (Å²) in [5, 5.41) is 10.9. The van der Waals surface area contributed by atoms with Crippen molar-refractivity contribution in [2.24, 2.45) is 63.6 Å². The average molecular weight is 573 g/mol. The van der Waals surface area contributed by atoms with Crippen LogP contribution in [0.1, 0.15) is 113 Å². The van der Waals surface area contributed by atoms with Crippen molar-refractivity contribution < 1.29 is 14.7 Å². The summed E-state index contributed by atoms with van der Waals surface area (Å²) < 4.78 is 0. The Kier molecular flexibility index (Phi) is 7.32. The van der Waals surface area contributed by atoms with Crippen molar-refractivity contribution in [3.8, 4) is 0 Å². The molecular formula is C39H56O3. The van der Waals surface area contributed by atoms with Gasteiger partial charge in [-0.2, -0.15) is 0 Å². The summed E-state index contributed by atoms with van der Waals surface area (Å²) in [6, 6.07) is 0. The van der Waals surface area contributed by atoms with Gasteiger partial charge in [0.25, 0.3) is 0 Å². The lowest BCUT2D eigenvalue weighted by Crippen LogP contribution is -2.58. The number of hydrogen-bond acceptors (Lipinski definition) is 3. The van der Waals surface area contributed by atoms with Crippen molar-refractivity contribution >= 4 is 11.6 Å². The van der Waals surface area contributed by atoms with Crippen LogP contribution in [0.4, 0.5) is 0 Å². The Morgan fingerprint density at radius 3 is 2.43 bits per heavy atom. The van der Waals surface area contributed by atoms with Gasteiger partial charge in [-0.15, -0.1) is 0 Å². The number of rotatable bonds is 4. The highest BCUT2D eigenvalue weighted by Gasteiger charge is 2.70. The molecule has 2 bridgehead atoms. The zero-order valence-corrected chi connectivity index (χ0v) is 27.6. The first kappa shape index (κ1) is 30.3. The van der Waals surface area contributed by atoms with E-state index in [0.29, 0.717) is 23.7 Å². The third kappa shape index (κ3) is 4.70. The Labute approximate surface area is 255 Å². The highest BCUT2D eigenvalue weighted by molar-refractivity contribution is 6.41. The number of carbonyl (C=O) groups is 2. The maximum atomic E-state index is 13.8. The quantitative estimate of drug-likeness (QED) is 0.270. The van der Waals surface area contributed by atoms with Crippen molar-refractivity contribution in [1.82, 2.24) is 0 Å². The smallest absolute Gasteiger partial charge is 0.206 e. The number of Topliss-reactive ketones (excluding diaryl/α,β-unsaturated/α-hetero) is 2. The summed E-state index contributed by atoms with van der Waals surface area (Å²) >= 11 is 0. The van der Waals surface area contributed by atoms with Gasteiger partial charge in [-0.05, 0) is 130 Å². The van der Waals surface area contributed by atoms with Gasteiger partial charge < -0.3 is 5.11 Å². The summed E-state index contributed by atoms with van der Waals surface area (Å²) in [7, 11) is 0. The largest absolute Gasteiger partial charge is 0.390 e. The second kappa shape index (κ2) is 10.1. The predicted octanol–water partition coefficient (Wildman–Crippen LogP) is 8.83. The van der Waals surface area contributed by atoms with Crippen LogP contribution in [-0.4, -0.2) is 22.3 Å². The molecule has 7 rings (SSSR count). The van der Waals surface area contributed by atoms with E-state index in [2.05, 4.69) is 71.9 Å². The Morgan fingerprint density at radius 2 is 1.71 bits per heavy atom. The summed E-state index contributed by atoms with van der Waals surface area (Å²) in [5.41, 5.74) is 3.56. The fraction of sp³-hybridized carbons (Fsp3) is 0.744. The third-order valence-electron chi connectivity index (χ3n) is 13.8. The van der Waals surface area contributed by atoms with Gasteiger partial charge in [0, 0.05) is 11.8 Å². The van der Waals surface area contributed by atoms with Crippen molar-refractivity contribution in [2.75, 3.05) is 0 Å². The first-order valence-corrected chi connectivity index (χ1v) is 17.2. The highest BCUT2D eigenvalue weighted by atomic mass is 16.3. The molecule has 0 spiro atoms. The summed E-state index contributed by atoms with van der Waals surface area (Å²) in [4.78, 5) is 27.3. The average Bonchev–Trinajstić information content (AvgIpc) is 3.35. The number of aliphatic hydroxyl groups is 1. The molecule has 0 saturated heterocycles. The van der Waals surface area contributed by atoms with Crippen LogP contribution in [0, 0.1) is 63.6 Å². The Morgan fingerprint density at radius 1 is 0.976 bits per heavy atom. The molecule has 0 aromatic carbocycles. The lowest BCUT2D eigenvalue weighted by Gasteiger charge is -2.54. The van der Waals surface area contributed by atoms with Crippen molar-refractivity contribution in [2.45, 2.75) is 119 Å². The lowest BCUT2D eigenvalue weighted by molar-refractivity contribution is -0.153. The molecule has 0 radical (unpaired) electrons. The molecule has 7 aliphatic carbocycles. The first-order valence-electron chi connectivity index (χ1n) is 17.2. The van der Waals surface area contributed by atoms with Crippen LogP contribution in [0.3, 0.4) is 0 Å². The lowest BCUT2D eigenvalue weighted by atomic mass is 9.47. The Bertz CT molecular complexity index is 1270. The zero-order chi connectivity index (χ0) is 30.4. The fourth-order valence-corrected chi connectivity index (χ4v) is 11.0. The normalized spacial score (nSPS) is 46.2. The second-order valence-electron chi connectivity index (χ2n) is 17.2. The van der Waals surface area contributed by atoms with Crippen molar-refractivity contribution in [1.29, 1.82) is 0 Å². The number of fused-ring (bicyclic) bond motifs is 3. The molecule has 3 heteroatoms. The van der Waals surface area contributed by atoms with Gasteiger partial charge in [0.15, 0.2) is 0 Å². The molecule has 42 heavy (non-hydrogen) atoms. The third-order valence-corrected chi connectivity index (χ3v) is 13.8. The predicted molar refractivity (Wildman–Crippen MR) is 171 cm³/mol. The van der Waals surface area contributed by atoms with E-state index < -0.39 is 5.60 Å². The molecule has 0 amide bonds. The van der Waals surface area contributed by atoms with Gasteiger partial charge >= 0.3 is 0 Å². The standard InChI is InChI=1S/C39H56O3/c1-23-11-9-19-39(8)31-25(21-28(34(40)35(31)41)32(39)33-29(16-13-23)36(33,3)4)12-10-18-38(7)20-17-27-24(2)14-15-26(22-30(27)38)37(5,6)42/h10-12,21-22,24,26-29,31-33,42H,9,13-20H2,1-8H3/b12-10+,23-11+/t24-,26-,27-,28+,29+,31+,32+,33-,38+,39-/m1/s1. The molecule has 3 fully saturated rings. The highest BCUT2D eigenvalue weighted by Crippen LogP contribution is 2.72. The van der Waals surface area contributed by atoms with Gasteiger partial charge in [-0.3, -0.25) is 9.59 Å². The molecule has 0 aromatic rings. The van der Waals surface area contributed by atoms with Crippen LogP contribution in [0.25, 0.3) is 0 Å². The van der Waals surface area contributed by atoms with Crippen LogP contribution in [0.5, 0.6) is 0 Å². The minimum absolute atomic E-state index is 0.0771. The second-order valence-corrected chi connectivity index (χ2v) is 17.2. The monoisotopic (exact) mass is 572 g/mol. The van der Waals surface area contributed by atoms with E-state index in [1.807, 2.05) is 13.8 Å². The number of ketones is 2. The molecule has 0 aliphatic heterocycles. The number of allylic oxidation sites excluding steroid dienone is 7. The SMILES string of the molecule is C/C1=C\CC[C@]2(C)[C@@H]3C(=O)C(=O)[C@@H](C=C3/C=C/C[C@@]3(C)CC[C@H]4C3=C[C@H](C(C)(C)O)CC[C@H]4C)[C@H]2[C@H]2[C@H](CC1)C2(C)C. The summed E-state index contributed by atoms with van der Waals surface area (Å²) in [5.74, 6) is 2.03. The van der Waals surface area contributed by atoms with E-state index >= 15 is 0 Å². The van der Waals surface area contributed by atoms with Gasteiger partial charge in [0.2, 0.25) is 11.6 Å². The topological polar surface area (TPSA) is 54.4 Å². The molecule has 0 unspecified atom stereocenters. The summed E-state index contributed by atoms with van der Waals surface area (Å²) in [6.45, 7) is 18.2. The van der Waals surface area contributed by atoms with Crippen molar-refractivity contribution in [3.63, 3.8) is 0 Å². The minimum Gasteiger partial charge on any atom is -0.390 e. The molecule has 7 aliphatic rings. The minimum atomic E-state index is -0.704.